The first-order chi connectivity index (χ1) is 20.2. The van der Waals surface area contributed by atoms with Gasteiger partial charge in [-0.2, -0.15) is 0 Å². The Morgan fingerprint density at radius 2 is 1.33 bits per heavy atom. The number of carbonyl (C=O) groups excluding carboxylic acids is 2. The quantitative estimate of drug-likeness (QED) is 0.0567. The summed E-state index contributed by atoms with van der Waals surface area (Å²) in [4.78, 5) is 23.3. The molecule has 1 fully saturated rings. The van der Waals surface area contributed by atoms with Gasteiger partial charge in [-0.05, 0) is 93.0 Å². The molecule has 0 atom stereocenters. The summed E-state index contributed by atoms with van der Waals surface area (Å²) in [5.74, 6) is 1.19. The highest BCUT2D eigenvalue weighted by Crippen LogP contribution is 2.48. The minimum Gasteiger partial charge on any atom is -0.465 e. The van der Waals surface area contributed by atoms with Gasteiger partial charge in [0.15, 0.2) is 0 Å². The summed E-state index contributed by atoms with van der Waals surface area (Å²) in [5.41, 5.74) is 3.14. The third kappa shape index (κ3) is 9.47. The third-order valence-corrected chi connectivity index (χ3v) is 7.77. The predicted octanol–water partition coefficient (Wildman–Crippen LogP) is 9.31. The molecule has 3 rings (SSSR count). The number of ether oxygens (including phenoxy) is 3. The first-order valence-electron chi connectivity index (χ1n) is 14.9. The van der Waals surface area contributed by atoms with Crippen LogP contribution in [-0.4, -0.2) is 11.9 Å². The highest BCUT2D eigenvalue weighted by atomic mass is 16.5. The molecule has 0 spiro atoms. The number of hydrogen-bond acceptors (Lipinski definition) is 5. The summed E-state index contributed by atoms with van der Waals surface area (Å²) in [6.07, 6.45) is 19.6. The van der Waals surface area contributed by atoms with Crippen LogP contribution in [0.4, 0.5) is 0 Å². The Kier molecular flexibility index (Phi) is 12.6. The Balaban J connectivity index is 1.70. The number of hydrogen-bond donors (Lipinski definition) is 0. The topological polar surface area (TPSA) is 61.8 Å². The van der Waals surface area contributed by atoms with Crippen molar-refractivity contribution in [3.8, 4) is 11.5 Å². The molecular weight excluding hydrogens is 524 g/mol. The van der Waals surface area contributed by atoms with Crippen LogP contribution < -0.4 is 9.47 Å². The lowest BCUT2D eigenvalue weighted by Crippen LogP contribution is -2.33. The van der Waals surface area contributed by atoms with Crippen LogP contribution in [0.1, 0.15) is 83.3 Å². The lowest BCUT2D eigenvalue weighted by Gasteiger charge is -2.41. The van der Waals surface area contributed by atoms with Crippen molar-refractivity contribution in [2.24, 2.45) is 5.92 Å². The second kappa shape index (κ2) is 16.4. The molecule has 2 aromatic carbocycles. The van der Waals surface area contributed by atoms with Crippen molar-refractivity contribution in [3.05, 3.63) is 121 Å². The number of rotatable bonds is 14. The van der Waals surface area contributed by atoms with Crippen molar-refractivity contribution in [3.63, 3.8) is 0 Å². The highest BCUT2D eigenvalue weighted by molar-refractivity contribution is 5.88. The average molecular weight is 569 g/mol. The van der Waals surface area contributed by atoms with Crippen LogP contribution in [0.5, 0.6) is 11.5 Å². The largest absolute Gasteiger partial charge is 0.465 e. The second-order valence-electron chi connectivity index (χ2n) is 11.1. The van der Waals surface area contributed by atoms with Crippen molar-refractivity contribution in [1.29, 1.82) is 0 Å². The van der Waals surface area contributed by atoms with Crippen molar-refractivity contribution in [1.82, 2.24) is 0 Å². The molecule has 42 heavy (non-hydrogen) atoms. The molecule has 0 amide bonds. The van der Waals surface area contributed by atoms with Gasteiger partial charge >= 0.3 is 11.9 Å². The van der Waals surface area contributed by atoms with E-state index in [4.69, 9.17) is 14.2 Å². The van der Waals surface area contributed by atoms with E-state index in [9.17, 15) is 9.59 Å². The molecule has 5 heteroatoms. The van der Waals surface area contributed by atoms with Gasteiger partial charge in [-0.3, -0.25) is 0 Å². The number of carbonyl (C=O) groups is 2. The van der Waals surface area contributed by atoms with Crippen molar-refractivity contribution < 1.29 is 23.8 Å². The predicted molar refractivity (Wildman–Crippen MR) is 169 cm³/mol. The molecular formula is C37H44O5. The summed E-state index contributed by atoms with van der Waals surface area (Å²) in [6, 6.07) is 16.4. The molecule has 0 aliphatic heterocycles. The Hall–Kier alpha value is -4.12. The van der Waals surface area contributed by atoms with Crippen molar-refractivity contribution in [2.45, 2.75) is 77.6 Å². The molecule has 1 aliphatic rings. The number of unbranched alkanes of at least 4 members (excludes halogenated alkanes) is 2. The molecule has 2 aromatic rings. The molecule has 0 aromatic heterocycles. The summed E-state index contributed by atoms with van der Waals surface area (Å²) < 4.78 is 16.1. The zero-order valence-electron chi connectivity index (χ0n) is 25.3. The normalized spacial score (nSPS) is 18.8. The van der Waals surface area contributed by atoms with Crippen LogP contribution >= 0.6 is 0 Å². The Morgan fingerprint density at radius 1 is 0.786 bits per heavy atom. The fourth-order valence-electron chi connectivity index (χ4n) is 5.31. The van der Waals surface area contributed by atoms with Gasteiger partial charge in [-0.1, -0.05) is 82.2 Å². The Bertz CT molecular complexity index is 1290. The van der Waals surface area contributed by atoms with Gasteiger partial charge < -0.3 is 14.2 Å². The summed E-state index contributed by atoms with van der Waals surface area (Å²) in [7, 11) is 0. The molecule has 0 unspecified atom stereocenters. The van der Waals surface area contributed by atoms with Crippen molar-refractivity contribution in [2.75, 3.05) is 0 Å². The monoisotopic (exact) mass is 568 g/mol. The lowest BCUT2D eigenvalue weighted by atomic mass is 9.62. The SMILES string of the molecule is C=C(C)C(=O)O/C=C/C=C/C=C/Oc1ccc(C2(c3ccc(OC(=O)C(=C)C)cc3)CCC(CCCCC)CC2)cc1. The summed E-state index contributed by atoms with van der Waals surface area (Å²) in [6.45, 7) is 12.7. The smallest absolute Gasteiger partial charge is 0.338 e. The van der Waals surface area contributed by atoms with Crippen LogP contribution in [0.2, 0.25) is 0 Å². The molecule has 5 nitrogen and oxygen atoms in total. The second-order valence-corrected chi connectivity index (χ2v) is 11.1. The van der Waals surface area contributed by atoms with E-state index in [1.54, 1.807) is 44.4 Å². The molecule has 1 saturated carbocycles. The lowest BCUT2D eigenvalue weighted by molar-refractivity contribution is -0.133. The van der Waals surface area contributed by atoms with Gasteiger partial charge in [0, 0.05) is 16.6 Å². The van der Waals surface area contributed by atoms with Gasteiger partial charge in [0.2, 0.25) is 0 Å². The minimum atomic E-state index is -0.454. The molecule has 0 saturated heterocycles. The maximum atomic E-state index is 12.0. The van der Waals surface area contributed by atoms with E-state index < -0.39 is 11.9 Å². The standard InChI is InChI=1S/C37H44O5/c1-6-7-10-13-30-22-24-37(25-23-30,32-16-20-34(21-17-32)42-36(39)29(4)5)31-14-18-33(19-15-31)40-26-11-8-9-12-27-41-35(38)28(2)3/h8-9,11-12,14-21,26-27,30H,2,4,6-7,10,13,22-25H2,1,3,5H3/b9-8+,26-11+,27-12+. The molecule has 0 radical (unpaired) electrons. The minimum absolute atomic E-state index is 0.102. The summed E-state index contributed by atoms with van der Waals surface area (Å²) >= 11 is 0. The Labute approximate surface area is 251 Å². The first-order valence-corrected chi connectivity index (χ1v) is 14.9. The van der Waals surface area contributed by atoms with Crippen LogP contribution in [0, 0.1) is 5.92 Å². The summed E-state index contributed by atoms with van der Waals surface area (Å²) in [5, 5.41) is 0. The zero-order chi connectivity index (χ0) is 30.4. The van der Waals surface area contributed by atoms with E-state index in [1.807, 2.05) is 24.3 Å². The van der Waals surface area contributed by atoms with E-state index in [-0.39, 0.29) is 5.41 Å². The fourth-order valence-corrected chi connectivity index (χ4v) is 5.31. The van der Waals surface area contributed by atoms with Crippen molar-refractivity contribution >= 4 is 11.9 Å². The molecule has 0 bridgehead atoms. The average Bonchev–Trinajstić information content (AvgIpc) is 2.99. The van der Waals surface area contributed by atoms with Crippen LogP contribution in [0.25, 0.3) is 0 Å². The van der Waals surface area contributed by atoms with Crippen LogP contribution in [0.3, 0.4) is 0 Å². The van der Waals surface area contributed by atoms with E-state index in [0.717, 1.165) is 24.5 Å². The zero-order valence-corrected chi connectivity index (χ0v) is 25.3. The van der Waals surface area contributed by atoms with E-state index in [1.165, 1.54) is 55.9 Å². The third-order valence-electron chi connectivity index (χ3n) is 7.77. The highest BCUT2D eigenvalue weighted by Gasteiger charge is 2.38. The van der Waals surface area contributed by atoms with E-state index in [2.05, 4.69) is 44.3 Å². The van der Waals surface area contributed by atoms with E-state index in [0.29, 0.717) is 16.9 Å². The fraction of sp³-hybridized carbons (Fsp3) is 0.351. The molecule has 0 N–H and O–H groups in total. The maximum absolute atomic E-state index is 12.0. The first kappa shape index (κ1) is 32.4. The Morgan fingerprint density at radius 3 is 1.88 bits per heavy atom. The molecule has 222 valence electrons. The van der Waals surface area contributed by atoms with Crippen LogP contribution in [0.15, 0.2) is 110 Å². The van der Waals surface area contributed by atoms with Gasteiger partial charge in [0.1, 0.15) is 11.5 Å². The van der Waals surface area contributed by atoms with Crippen LogP contribution in [-0.2, 0) is 19.7 Å². The van der Waals surface area contributed by atoms with Gasteiger partial charge in [-0.15, -0.1) is 0 Å². The number of allylic oxidation sites excluding steroid dienone is 4. The van der Waals surface area contributed by atoms with Gasteiger partial charge in [-0.25, -0.2) is 9.59 Å². The van der Waals surface area contributed by atoms with Gasteiger partial charge in [0.05, 0.1) is 12.5 Å². The molecule has 0 heterocycles. The molecule has 1 aliphatic carbocycles. The maximum Gasteiger partial charge on any atom is 0.338 e. The van der Waals surface area contributed by atoms with Gasteiger partial charge in [0.25, 0.3) is 0 Å². The number of benzene rings is 2. The number of esters is 2. The van der Waals surface area contributed by atoms with E-state index >= 15 is 0 Å².